The maximum Gasteiger partial charge on any atom is 0.198 e. The average Bonchev–Trinajstić information content (AvgIpc) is 2.49. The maximum absolute atomic E-state index is 6.01. The molecular formula is C17H21BrClN3. The average molecular weight is 383 g/mol. The Morgan fingerprint density at radius 1 is 1.09 bits per heavy atom. The smallest absolute Gasteiger partial charge is 0.198 e. The second kappa shape index (κ2) is 8.81. The van der Waals surface area contributed by atoms with E-state index in [0.29, 0.717) is 5.96 Å². The summed E-state index contributed by atoms with van der Waals surface area (Å²) in [5, 5.41) is 3.14. The summed E-state index contributed by atoms with van der Waals surface area (Å²) >= 11 is 3.51. The van der Waals surface area contributed by atoms with Crippen molar-refractivity contribution in [3.05, 3.63) is 58.1 Å². The number of benzene rings is 2. The Labute approximate surface area is 146 Å². The fraction of sp³-hybridized carbons (Fsp3) is 0.235. The largest absolute Gasteiger partial charge is 0.369 e. The van der Waals surface area contributed by atoms with Gasteiger partial charge in [-0.15, -0.1) is 12.4 Å². The van der Waals surface area contributed by atoms with Crippen molar-refractivity contribution < 1.29 is 0 Å². The van der Waals surface area contributed by atoms with Crippen molar-refractivity contribution in [1.29, 1.82) is 0 Å². The Balaban J connectivity index is 0.00000242. The van der Waals surface area contributed by atoms with Gasteiger partial charge in [-0.3, -0.25) is 0 Å². The third kappa shape index (κ3) is 5.04. The molecule has 0 amide bonds. The van der Waals surface area contributed by atoms with Crippen LogP contribution < -0.4 is 11.1 Å². The molecule has 0 fully saturated rings. The van der Waals surface area contributed by atoms with E-state index < -0.39 is 0 Å². The normalized spacial score (nSPS) is 11.0. The highest BCUT2D eigenvalue weighted by Gasteiger charge is 2.02. The van der Waals surface area contributed by atoms with Crippen molar-refractivity contribution in [3.63, 3.8) is 0 Å². The summed E-state index contributed by atoms with van der Waals surface area (Å²) in [7, 11) is 0. The molecule has 3 N–H and O–H groups in total. The predicted molar refractivity (Wildman–Crippen MR) is 101 cm³/mol. The van der Waals surface area contributed by atoms with Crippen LogP contribution in [-0.4, -0.2) is 5.96 Å². The topological polar surface area (TPSA) is 50.4 Å². The number of aliphatic imine (C=N–C) groups is 1. The highest BCUT2D eigenvalue weighted by Crippen LogP contribution is 2.26. The molecule has 2 rings (SSSR count). The molecule has 0 saturated carbocycles. The molecule has 3 nitrogen and oxygen atoms in total. The van der Waals surface area contributed by atoms with Crippen LogP contribution in [0.4, 0.5) is 11.4 Å². The lowest BCUT2D eigenvalue weighted by atomic mass is 10.1. The Kier molecular flexibility index (Phi) is 7.42. The van der Waals surface area contributed by atoms with Crippen molar-refractivity contribution in [3.8, 4) is 0 Å². The minimum absolute atomic E-state index is 0. The highest BCUT2D eigenvalue weighted by atomic mass is 79.9. The first kappa shape index (κ1) is 18.5. The first-order valence-electron chi connectivity index (χ1n) is 7.11. The van der Waals surface area contributed by atoms with Gasteiger partial charge in [-0.2, -0.15) is 0 Å². The van der Waals surface area contributed by atoms with Gasteiger partial charge in [0.15, 0.2) is 5.96 Å². The van der Waals surface area contributed by atoms with Crippen LogP contribution in [-0.2, 0) is 12.8 Å². The van der Waals surface area contributed by atoms with Crippen LogP contribution in [0.2, 0.25) is 0 Å². The summed E-state index contributed by atoms with van der Waals surface area (Å²) in [6.07, 6.45) is 1.97. The van der Waals surface area contributed by atoms with Crippen LogP contribution >= 0.6 is 28.3 Å². The third-order valence-electron chi connectivity index (χ3n) is 3.27. The van der Waals surface area contributed by atoms with Crippen molar-refractivity contribution in [1.82, 2.24) is 0 Å². The first-order chi connectivity index (χ1) is 10.1. The first-order valence-corrected chi connectivity index (χ1v) is 7.90. The zero-order chi connectivity index (χ0) is 15.2. The third-order valence-corrected chi connectivity index (χ3v) is 3.94. The molecule has 2 aromatic carbocycles. The van der Waals surface area contributed by atoms with Gasteiger partial charge < -0.3 is 11.1 Å². The summed E-state index contributed by atoms with van der Waals surface area (Å²) in [6.45, 7) is 4.25. The summed E-state index contributed by atoms with van der Waals surface area (Å²) in [5.74, 6) is 0.386. The number of hydrogen-bond acceptors (Lipinski definition) is 1. The molecule has 0 saturated heterocycles. The zero-order valence-corrected chi connectivity index (χ0v) is 15.2. The molecule has 0 aromatic heterocycles. The van der Waals surface area contributed by atoms with Gasteiger partial charge in [0.05, 0.1) is 5.69 Å². The molecule has 0 unspecified atom stereocenters. The Hall–Kier alpha value is -1.52. The van der Waals surface area contributed by atoms with Gasteiger partial charge in [-0.25, -0.2) is 4.99 Å². The van der Waals surface area contributed by atoms with E-state index >= 15 is 0 Å². The molecule has 0 aliphatic carbocycles. The minimum atomic E-state index is 0. The number of anilines is 1. The molecular weight excluding hydrogens is 362 g/mol. The van der Waals surface area contributed by atoms with E-state index in [0.717, 1.165) is 28.7 Å². The molecule has 0 radical (unpaired) electrons. The summed E-state index contributed by atoms with van der Waals surface area (Å²) in [6, 6.07) is 14.3. The number of nitrogens with two attached hydrogens (primary N) is 1. The summed E-state index contributed by atoms with van der Waals surface area (Å²) < 4.78 is 0.937. The predicted octanol–water partition coefficient (Wildman–Crippen LogP) is 5.05. The van der Waals surface area contributed by atoms with Crippen LogP contribution in [0.5, 0.6) is 0 Å². The Morgan fingerprint density at radius 3 is 2.45 bits per heavy atom. The quantitative estimate of drug-likeness (QED) is 0.574. The summed E-state index contributed by atoms with van der Waals surface area (Å²) in [4.78, 5) is 4.45. The lowest BCUT2D eigenvalue weighted by Crippen LogP contribution is -2.22. The number of hydrogen-bond donors (Lipinski definition) is 2. The van der Waals surface area contributed by atoms with Crippen molar-refractivity contribution >= 4 is 45.7 Å². The van der Waals surface area contributed by atoms with Crippen LogP contribution in [0, 0.1) is 0 Å². The maximum atomic E-state index is 6.01. The number of rotatable bonds is 4. The fourth-order valence-electron chi connectivity index (χ4n) is 2.04. The molecule has 0 heterocycles. The number of nitrogens with zero attached hydrogens (tertiary/aromatic N) is 1. The molecule has 2 aromatic rings. The van der Waals surface area contributed by atoms with Crippen LogP contribution in [0.25, 0.3) is 0 Å². The van der Waals surface area contributed by atoms with Crippen LogP contribution in [0.1, 0.15) is 25.0 Å². The molecule has 118 valence electrons. The second-order valence-corrected chi connectivity index (χ2v) is 5.67. The van der Waals surface area contributed by atoms with E-state index in [1.807, 2.05) is 24.3 Å². The number of guanidine groups is 1. The van der Waals surface area contributed by atoms with Gasteiger partial charge in [0.2, 0.25) is 0 Å². The number of halogens is 2. The number of aryl methyl sites for hydroxylation is 2. The van der Waals surface area contributed by atoms with Crippen LogP contribution in [0.3, 0.4) is 0 Å². The Morgan fingerprint density at radius 2 is 1.77 bits per heavy atom. The van der Waals surface area contributed by atoms with Gasteiger partial charge >= 0.3 is 0 Å². The highest BCUT2D eigenvalue weighted by molar-refractivity contribution is 9.10. The van der Waals surface area contributed by atoms with Crippen molar-refractivity contribution in [2.45, 2.75) is 26.7 Å². The molecule has 0 bridgehead atoms. The van der Waals surface area contributed by atoms with Gasteiger partial charge in [0, 0.05) is 10.2 Å². The Bertz CT molecular complexity index is 656. The SMILES string of the molecule is CCc1cccc(NC(N)=Nc2cc(CC)ccc2Br)c1.Cl. The standard InChI is InChI=1S/C17H20BrN3.ClH/c1-3-12-6-5-7-14(10-12)20-17(19)21-16-11-13(4-2)8-9-15(16)18;/h5-11H,3-4H2,1-2H3,(H3,19,20,21);1H. The van der Waals surface area contributed by atoms with Gasteiger partial charge in [0.1, 0.15) is 0 Å². The minimum Gasteiger partial charge on any atom is -0.369 e. The molecule has 0 aliphatic rings. The second-order valence-electron chi connectivity index (χ2n) is 4.82. The lowest BCUT2D eigenvalue weighted by Gasteiger charge is -2.08. The van der Waals surface area contributed by atoms with E-state index in [9.17, 15) is 0 Å². The van der Waals surface area contributed by atoms with E-state index in [1.165, 1.54) is 11.1 Å². The lowest BCUT2D eigenvalue weighted by molar-refractivity contribution is 1.14. The van der Waals surface area contributed by atoms with E-state index in [4.69, 9.17) is 5.73 Å². The fourth-order valence-corrected chi connectivity index (χ4v) is 2.37. The summed E-state index contributed by atoms with van der Waals surface area (Å²) in [5.41, 5.74) is 10.3. The van der Waals surface area contributed by atoms with Crippen LogP contribution in [0.15, 0.2) is 51.9 Å². The van der Waals surface area contributed by atoms with E-state index in [2.05, 4.69) is 58.3 Å². The van der Waals surface area contributed by atoms with Crippen molar-refractivity contribution in [2.75, 3.05) is 5.32 Å². The van der Waals surface area contributed by atoms with Gasteiger partial charge in [-0.1, -0.05) is 32.0 Å². The van der Waals surface area contributed by atoms with E-state index in [-0.39, 0.29) is 12.4 Å². The van der Waals surface area contributed by atoms with Gasteiger partial charge in [-0.05, 0) is 64.2 Å². The number of nitrogens with one attached hydrogen (secondary N) is 1. The molecule has 0 spiro atoms. The van der Waals surface area contributed by atoms with E-state index in [1.54, 1.807) is 0 Å². The monoisotopic (exact) mass is 381 g/mol. The molecule has 5 heteroatoms. The van der Waals surface area contributed by atoms with Gasteiger partial charge in [0.25, 0.3) is 0 Å². The zero-order valence-electron chi connectivity index (χ0n) is 12.8. The molecule has 0 aliphatic heterocycles. The molecule has 22 heavy (non-hydrogen) atoms. The van der Waals surface area contributed by atoms with Crippen molar-refractivity contribution in [2.24, 2.45) is 10.7 Å². The molecule has 0 atom stereocenters.